The van der Waals surface area contributed by atoms with Crippen molar-refractivity contribution >= 4 is 17.7 Å². The van der Waals surface area contributed by atoms with E-state index in [0.29, 0.717) is 17.9 Å². The molecule has 0 aliphatic rings. The molecule has 0 fully saturated rings. The maximum atomic E-state index is 12.6. The molecule has 0 spiro atoms. The van der Waals surface area contributed by atoms with Gasteiger partial charge in [0.2, 0.25) is 0 Å². The van der Waals surface area contributed by atoms with Crippen LogP contribution in [0, 0.1) is 0 Å². The molecule has 1 aromatic heterocycles. The van der Waals surface area contributed by atoms with E-state index in [-0.39, 0.29) is 5.91 Å². The second-order valence-corrected chi connectivity index (χ2v) is 6.38. The second kappa shape index (κ2) is 8.44. The van der Waals surface area contributed by atoms with Crippen molar-refractivity contribution in [1.82, 2.24) is 5.32 Å². The van der Waals surface area contributed by atoms with Crippen LogP contribution in [-0.4, -0.2) is 13.0 Å². The van der Waals surface area contributed by atoms with E-state index in [1.165, 1.54) is 0 Å². The molecule has 128 valence electrons. The van der Waals surface area contributed by atoms with Gasteiger partial charge in [-0.05, 0) is 30.3 Å². The van der Waals surface area contributed by atoms with Crippen LogP contribution in [0.1, 0.15) is 21.7 Å². The topological polar surface area (TPSA) is 51.5 Å². The zero-order chi connectivity index (χ0) is 17.5. The molecule has 0 unspecified atom stereocenters. The Labute approximate surface area is 151 Å². The van der Waals surface area contributed by atoms with Crippen molar-refractivity contribution in [3.05, 3.63) is 83.8 Å². The third kappa shape index (κ3) is 4.45. The molecule has 3 rings (SSSR count). The minimum absolute atomic E-state index is 0.103. The monoisotopic (exact) mass is 353 g/mol. The van der Waals surface area contributed by atoms with Gasteiger partial charge in [0.05, 0.1) is 24.7 Å². The lowest BCUT2D eigenvalue weighted by molar-refractivity contribution is 0.0947. The molecule has 1 amide bonds. The number of carbonyl (C=O) groups excluding carboxylic acids is 1. The Bertz CT molecular complexity index is 830. The average molecular weight is 353 g/mol. The molecule has 0 saturated heterocycles. The maximum absolute atomic E-state index is 12.6. The maximum Gasteiger partial charge on any atom is 0.252 e. The molecule has 0 aliphatic heterocycles. The second-order valence-electron chi connectivity index (χ2n) is 5.36. The van der Waals surface area contributed by atoms with Crippen LogP contribution in [0.3, 0.4) is 0 Å². The number of hydrogen-bond donors (Lipinski definition) is 1. The Morgan fingerprint density at radius 2 is 1.88 bits per heavy atom. The molecular weight excluding hydrogens is 334 g/mol. The summed E-state index contributed by atoms with van der Waals surface area (Å²) in [5.41, 5.74) is 1.60. The molecule has 0 bridgehead atoms. The molecule has 2 aromatic carbocycles. The van der Waals surface area contributed by atoms with Gasteiger partial charge >= 0.3 is 0 Å². The number of rotatable bonds is 7. The molecule has 0 radical (unpaired) electrons. The quantitative estimate of drug-likeness (QED) is 0.635. The van der Waals surface area contributed by atoms with Crippen molar-refractivity contribution in [2.24, 2.45) is 0 Å². The number of ether oxygens (including phenoxy) is 1. The van der Waals surface area contributed by atoms with E-state index >= 15 is 0 Å². The average Bonchev–Trinajstić information content (AvgIpc) is 3.18. The van der Waals surface area contributed by atoms with Crippen LogP contribution in [-0.2, 0) is 12.3 Å². The van der Waals surface area contributed by atoms with Crippen LogP contribution in [0.2, 0.25) is 0 Å². The molecular formula is C20H19NO3S. The zero-order valence-electron chi connectivity index (χ0n) is 13.9. The van der Waals surface area contributed by atoms with Crippen LogP contribution < -0.4 is 10.1 Å². The fraction of sp³-hybridized carbons (Fsp3) is 0.150. The number of thioether (sulfide) groups is 1. The summed E-state index contributed by atoms with van der Waals surface area (Å²) in [6.45, 7) is 0.417. The van der Waals surface area contributed by atoms with Gasteiger partial charge in [-0.25, -0.2) is 0 Å². The van der Waals surface area contributed by atoms with Gasteiger partial charge in [0, 0.05) is 17.0 Å². The predicted molar refractivity (Wildman–Crippen MR) is 98.9 cm³/mol. The number of hydrogen-bond acceptors (Lipinski definition) is 4. The smallest absolute Gasteiger partial charge is 0.252 e. The Morgan fingerprint density at radius 1 is 1.08 bits per heavy atom. The SMILES string of the molecule is COc1ccccc1CNC(=O)c1ccccc1SCc1ccco1. The van der Waals surface area contributed by atoms with Gasteiger partial charge in [0.1, 0.15) is 11.5 Å². The largest absolute Gasteiger partial charge is 0.496 e. The third-order valence-electron chi connectivity index (χ3n) is 3.71. The van der Waals surface area contributed by atoms with E-state index in [2.05, 4.69) is 5.32 Å². The highest BCUT2D eigenvalue weighted by atomic mass is 32.2. The van der Waals surface area contributed by atoms with Crippen molar-refractivity contribution < 1.29 is 13.9 Å². The molecule has 1 heterocycles. The number of amides is 1. The van der Waals surface area contributed by atoms with Crippen molar-refractivity contribution in [3.63, 3.8) is 0 Å². The summed E-state index contributed by atoms with van der Waals surface area (Å²) in [5, 5.41) is 2.97. The van der Waals surface area contributed by atoms with Gasteiger partial charge in [-0.2, -0.15) is 0 Å². The van der Waals surface area contributed by atoms with Crippen molar-refractivity contribution in [3.8, 4) is 5.75 Å². The van der Waals surface area contributed by atoms with Gasteiger partial charge in [-0.1, -0.05) is 30.3 Å². The van der Waals surface area contributed by atoms with Gasteiger partial charge in [-0.15, -0.1) is 11.8 Å². The number of methoxy groups -OCH3 is 1. The Hall–Kier alpha value is -2.66. The highest BCUT2D eigenvalue weighted by molar-refractivity contribution is 7.98. The minimum Gasteiger partial charge on any atom is -0.496 e. The summed E-state index contributed by atoms with van der Waals surface area (Å²) in [7, 11) is 1.63. The summed E-state index contributed by atoms with van der Waals surface area (Å²) in [6.07, 6.45) is 1.65. The lowest BCUT2D eigenvalue weighted by Crippen LogP contribution is -2.23. The van der Waals surface area contributed by atoms with E-state index in [9.17, 15) is 4.79 Å². The lowest BCUT2D eigenvalue weighted by Gasteiger charge is -2.11. The first-order valence-corrected chi connectivity index (χ1v) is 8.91. The highest BCUT2D eigenvalue weighted by Gasteiger charge is 2.12. The molecule has 3 aromatic rings. The fourth-order valence-electron chi connectivity index (χ4n) is 2.44. The van der Waals surface area contributed by atoms with Crippen LogP contribution in [0.15, 0.2) is 76.2 Å². The van der Waals surface area contributed by atoms with Crippen molar-refractivity contribution in [2.75, 3.05) is 7.11 Å². The van der Waals surface area contributed by atoms with Crippen LogP contribution >= 0.6 is 11.8 Å². The van der Waals surface area contributed by atoms with Gasteiger partial charge < -0.3 is 14.5 Å². The predicted octanol–water partition coefficient (Wildman–Crippen LogP) is 4.51. The molecule has 0 aliphatic carbocycles. The Morgan fingerprint density at radius 3 is 2.68 bits per heavy atom. The van der Waals surface area contributed by atoms with Crippen molar-refractivity contribution in [2.45, 2.75) is 17.2 Å². The number of carbonyl (C=O) groups is 1. The van der Waals surface area contributed by atoms with E-state index in [4.69, 9.17) is 9.15 Å². The Balaban J connectivity index is 1.67. The van der Waals surface area contributed by atoms with E-state index in [0.717, 1.165) is 22.0 Å². The summed E-state index contributed by atoms with van der Waals surface area (Å²) in [5.74, 6) is 2.23. The first-order valence-electron chi connectivity index (χ1n) is 7.92. The summed E-state index contributed by atoms with van der Waals surface area (Å²) < 4.78 is 10.7. The standard InChI is InChI=1S/C20H19NO3S/c1-23-18-10-4-2-7-15(18)13-21-20(22)17-9-3-5-11-19(17)25-14-16-8-6-12-24-16/h2-12H,13-14H2,1H3,(H,21,22). The summed E-state index contributed by atoms with van der Waals surface area (Å²) >= 11 is 1.58. The number of nitrogens with one attached hydrogen (secondary N) is 1. The lowest BCUT2D eigenvalue weighted by atomic mass is 10.1. The van der Waals surface area contributed by atoms with Crippen LogP contribution in [0.4, 0.5) is 0 Å². The zero-order valence-corrected chi connectivity index (χ0v) is 14.7. The molecule has 4 nitrogen and oxygen atoms in total. The van der Waals surface area contributed by atoms with Crippen LogP contribution in [0.5, 0.6) is 5.75 Å². The van der Waals surface area contributed by atoms with E-state index in [1.54, 1.807) is 25.1 Å². The Kier molecular flexibility index (Phi) is 5.80. The third-order valence-corrected chi connectivity index (χ3v) is 4.81. The summed E-state index contributed by atoms with van der Waals surface area (Å²) in [4.78, 5) is 13.5. The number of benzene rings is 2. The molecule has 5 heteroatoms. The van der Waals surface area contributed by atoms with Crippen LogP contribution in [0.25, 0.3) is 0 Å². The van der Waals surface area contributed by atoms with Gasteiger partial charge in [0.25, 0.3) is 5.91 Å². The highest BCUT2D eigenvalue weighted by Crippen LogP contribution is 2.26. The first kappa shape index (κ1) is 17.2. The molecule has 0 atom stereocenters. The molecule has 0 saturated carbocycles. The van der Waals surface area contributed by atoms with Gasteiger partial charge in [-0.3, -0.25) is 4.79 Å². The minimum atomic E-state index is -0.103. The van der Waals surface area contributed by atoms with Gasteiger partial charge in [0.15, 0.2) is 0 Å². The van der Waals surface area contributed by atoms with E-state index in [1.807, 2.05) is 60.7 Å². The normalized spacial score (nSPS) is 10.4. The number of para-hydroxylation sites is 1. The number of furan rings is 1. The molecule has 25 heavy (non-hydrogen) atoms. The molecule has 1 N–H and O–H groups in total. The van der Waals surface area contributed by atoms with E-state index < -0.39 is 0 Å². The first-order chi connectivity index (χ1) is 12.3. The van der Waals surface area contributed by atoms with Crippen molar-refractivity contribution in [1.29, 1.82) is 0 Å². The fourth-order valence-corrected chi connectivity index (χ4v) is 3.40. The summed E-state index contributed by atoms with van der Waals surface area (Å²) in [6, 6.07) is 19.0.